The maximum atomic E-state index is 13.4. The Balaban J connectivity index is 1.36. The molecule has 0 radical (unpaired) electrons. The van der Waals surface area contributed by atoms with E-state index in [1.165, 1.54) is 23.3 Å². The van der Waals surface area contributed by atoms with E-state index in [4.69, 9.17) is 4.74 Å². The predicted molar refractivity (Wildman–Crippen MR) is 109 cm³/mol. The molecule has 0 atom stereocenters. The second kappa shape index (κ2) is 9.04. The number of ether oxygens (including phenoxy) is 1. The SMILES string of the molecule is O=C(Nc1ncn(Cc2ccccc2)n1)c1ccn(COc2cc(F)ccc2[N+](=O)[O-])n1. The molecular weight excluding hydrogens is 421 g/mol. The van der Waals surface area contributed by atoms with E-state index in [0.29, 0.717) is 6.54 Å². The average Bonchev–Trinajstić information content (AvgIpc) is 3.42. The Hall–Kier alpha value is -4.61. The van der Waals surface area contributed by atoms with E-state index in [0.717, 1.165) is 23.8 Å². The van der Waals surface area contributed by atoms with Crippen LogP contribution in [0.25, 0.3) is 0 Å². The number of carbonyl (C=O) groups is 1. The molecule has 0 bridgehead atoms. The van der Waals surface area contributed by atoms with Crippen LogP contribution >= 0.6 is 0 Å². The van der Waals surface area contributed by atoms with Crippen molar-refractivity contribution < 1.29 is 18.8 Å². The molecular formula is C20H16FN7O4. The highest BCUT2D eigenvalue weighted by atomic mass is 19.1. The normalized spacial score (nSPS) is 10.7. The highest BCUT2D eigenvalue weighted by molar-refractivity contribution is 6.01. The summed E-state index contributed by atoms with van der Waals surface area (Å²) in [6.45, 7) is 0.240. The number of nitrogens with one attached hydrogen (secondary N) is 1. The summed E-state index contributed by atoms with van der Waals surface area (Å²) in [5, 5.41) is 21.8. The van der Waals surface area contributed by atoms with Crippen molar-refractivity contribution in [1.82, 2.24) is 24.5 Å². The molecule has 0 fully saturated rings. The predicted octanol–water partition coefficient (Wildman–Crippen LogP) is 2.86. The molecule has 4 rings (SSSR count). The van der Waals surface area contributed by atoms with Crippen molar-refractivity contribution in [3.63, 3.8) is 0 Å². The summed E-state index contributed by atoms with van der Waals surface area (Å²) in [4.78, 5) is 26.8. The Morgan fingerprint density at radius 3 is 2.72 bits per heavy atom. The fourth-order valence-electron chi connectivity index (χ4n) is 2.81. The van der Waals surface area contributed by atoms with Gasteiger partial charge in [-0.25, -0.2) is 18.7 Å². The molecule has 0 aliphatic carbocycles. The van der Waals surface area contributed by atoms with Crippen molar-refractivity contribution in [3.05, 3.63) is 94.3 Å². The van der Waals surface area contributed by atoms with Crippen LogP contribution in [-0.4, -0.2) is 35.4 Å². The molecule has 2 heterocycles. The number of halogens is 1. The lowest BCUT2D eigenvalue weighted by Crippen LogP contribution is -2.15. The third kappa shape index (κ3) is 4.92. The smallest absolute Gasteiger partial charge is 0.311 e. The van der Waals surface area contributed by atoms with Gasteiger partial charge in [0.15, 0.2) is 12.4 Å². The first-order valence-corrected chi connectivity index (χ1v) is 9.33. The number of hydrogen-bond donors (Lipinski definition) is 1. The van der Waals surface area contributed by atoms with Crippen LogP contribution in [0.5, 0.6) is 5.75 Å². The standard InChI is InChI=1S/C20H16FN7O4/c21-15-6-7-17(28(30)31)18(10-15)32-13-26-9-8-16(24-26)19(29)23-20-22-12-27(25-20)11-14-4-2-1-3-5-14/h1-10,12H,11,13H2,(H,23,25,29). The minimum atomic E-state index is -0.680. The molecule has 0 aliphatic heterocycles. The van der Waals surface area contributed by atoms with Crippen LogP contribution in [0.15, 0.2) is 67.1 Å². The van der Waals surface area contributed by atoms with Gasteiger partial charge in [-0.15, -0.1) is 5.10 Å². The van der Waals surface area contributed by atoms with E-state index >= 15 is 0 Å². The van der Waals surface area contributed by atoms with E-state index in [-0.39, 0.29) is 29.8 Å². The molecule has 162 valence electrons. The third-order valence-corrected chi connectivity index (χ3v) is 4.29. The summed E-state index contributed by atoms with van der Waals surface area (Å²) in [5.74, 6) is -1.35. The van der Waals surface area contributed by atoms with E-state index in [1.54, 1.807) is 4.68 Å². The summed E-state index contributed by atoms with van der Waals surface area (Å²) in [6.07, 6.45) is 2.95. The molecule has 0 saturated heterocycles. The lowest BCUT2D eigenvalue weighted by atomic mass is 10.2. The summed E-state index contributed by atoms with van der Waals surface area (Å²) < 4.78 is 21.5. The quantitative estimate of drug-likeness (QED) is 0.331. The zero-order valence-electron chi connectivity index (χ0n) is 16.5. The lowest BCUT2D eigenvalue weighted by Gasteiger charge is -2.06. The van der Waals surface area contributed by atoms with Gasteiger partial charge in [0.2, 0.25) is 11.7 Å². The molecule has 0 spiro atoms. The van der Waals surface area contributed by atoms with Gasteiger partial charge in [-0.05, 0) is 17.7 Å². The van der Waals surface area contributed by atoms with Crippen LogP contribution < -0.4 is 10.1 Å². The monoisotopic (exact) mass is 437 g/mol. The first-order valence-electron chi connectivity index (χ1n) is 9.33. The second-order valence-corrected chi connectivity index (χ2v) is 6.59. The molecule has 11 nitrogen and oxygen atoms in total. The van der Waals surface area contributed by atoms with Crippen molar-refractivity contribution in [2.45, 2.75) is 13.3 Å². The van der Waals surface area contributed by atoms with E-state index in [1.807, 2.05) is 30.3 Å². The summed E-state index contributed by atoms with van der Waals surface area (Å²) >= 11 is 0. The number of nitrogens with zero attached hydrogens (tertiary/aromatic N) is 6. The Kier molecular flexibility index (Phi) is 5.83. The Morgan fingerprint density at radius 2 is 1.94 bits per heavy atom. The van der Waals surface area contributed by atoms with Crippen LogP contribution in [-0.2, 0) is 13.3 Å². The molecule has 12 heteroatoms. The fraction of sp³-hybridized carbons (Fsp3) is 0.100. The average molecular weight is 437 g/mol. The number of anilines is 1. The second-order valence-electron chi connectivity index (χ2n) is 6.59. The number of nitro groups is 1. The maximum absolute atomic E-state index is 13.4. The third-order valence-electron chi connectivity index (χ3n) is 4.29. The van der Waals surface area contributed by atoms with Crippen LogP contribution in [0.4, 0.5) is 16.0 Å². The lowest BCUT2D eigenvalue weighted by molar-refractivity contribution is -0.386. The number of benzene rings is 2. The van der Waals surface area contributed by atoms with Gasteiger partial charge in [0.1, 0.15) is 12.1 Å². The van der Waals surface area contributed by atoms with Crippen molar-refractivity contribution in [3.8, 4) is 5.75 Å². The van der Waals surface area contributed by atoms with Gasteiger partial charge >= 0.3 is 5.69 Å². The Morgan fingerprint density at radius 1 is 1.12 bits per heavy atom. The number of nitro benzene ring substituents is 1. The first-order chi connectivity index (χ1) is 15.5. The van der Waals surface area contributed by atoms with Gasteiger partial charge in [-0.2, -0.15) is 5.10 Å². The molecule has 0 saturated carbocycles. The molecule has 1 amide bonds. The number of rotatable bonds is 8. The van der Waals surface area contributed by atoms with E-state index < -0.39 is 16.6 Å². The number of aromatic nitrogens is 5. The van der Waals surface area contributed by atoms with Gasteiger partial charge in [0.05, 0.1) is 11.5 Å². The van der Waals surface area contributed by atoms with Crippen LogP contribution in [0.2, 0.25) is 0 Å². The first kappa shape index (κ1) is 20.7. The molecule has 32 heavy (non-hydrogen) atoms. The Bertz CT molecular complexity index is 1260. The van der Waals surface area contributed by atoms with E-state index in [9.17, 15) is 19.3 Å². The fourth-order valence-corrected chi connectivity index (χ4v) is 2.81. The number of amides is 1. The summed E-state index contributed by atoms with van der Waals surface area (Å²) in [7, 11) is 0. The molecule has 1 N–H and O–H groups in total. The van der Waals surface area contributed by atoms with Crippen LogP contribution in [0.1, 0.15) is 16.1 Å². The number of carbonyl (C=O) groups excluding carboxylic acids is 1. The molecule has 2 aromatic heterocycles. The summed E-state index contributed by atoms with van der Waals surface area (Å²) in [5.41, 5.74) is 0.711. The zero-order chi connectivity index (χ0) is 22.5. The van der Waals surface area contributed by atoms with Crippen molar-refractivity contribution in [2.75, 3.05) is 5.32 Å². The molecule has 0 aliphatic rings. The van der Waals surface area contributed by atoms with Crippen molar-refractivity contribution >= 4 is 17.5 Å². The van der Waals surface area contributed by atoms with Crippen LogP contribution in [0, 0.1) is 15.9 Å². The van der Waals surface area contributed by atoms with Crippen molar-refractivity contribution in [2.24, 2.45) is 0 Å². The van der Waals surface area contributed by atoms with Gasteiger partial charge in [0, 0.05) is 18.3 Å². The molecule has 4 aromatic rings. The highest BCUT2D eigenvalue weighted by Crippen LogP contribution is 2.27. The van der Waals surface area contributed by atoms with Gasteiger partial charge in [-0.1, -0.05) is 30.3 Å². The highest BCUT2D eigenvalue weighted by Gasteiger charge is 2.17. The summed E-state index contributed by atoms with van der Waals surface area (Å²) in [6, 6.07) is 14.0. The largest absolute Gasteiger partial charge is 0.464 e. The minimum Gasteiger partial charge on any atom is -0.464 e. The molecule has 0 unspecified atom stereocenters. The van der Waals surface area contributed by atoms with Gasteiger partial charge in [0.25, 0.3) is 5.91 Å². The zero-order valence-corrected chi connectivity index (χ0v) is 16.5. The minimum absolute atomic E-state index is 0.0572. The maximum Gasteiger partial charge on any atom is 0.311 e. The van der Waals surface area contributed by atoms with Crippen molar-refractivity contribution in [1.29, 1.82) is 0 Å². The molecule has 2 aromatic carbocycles. The van der Waals surface area contributed by atoms with Gasteiger partial charge in [-0.3, -0.25) is 20.2 Å². The van der Waals surface area contributed by atoms with Gasteiger partial charge < -0.3 is 4.74 Å². The Labute approximate surface area is 180 Å². The number of hydrogen-bond acceptors (Lipinski definition) is 7. The topological polar surface area (TPSA) is 130 Å². The van der Waals surface area contributed by atoms with Crippen LogP contribution in [0.3, 0.4) is 0 Å². The van der Waals surface area contributed by atoms with E-state index in [2.05, 4.69) is 20.5 Å².